The van der Waals surface area contributed by atoms with E-state index in [9.17, 15) is 13.2 Å². The summed E-state index contributed by atoms with van der Waals surface area (Å²) >= 11 is 0. The molecule has 0 spiro atoms. The van der Waals surface area contributed by atoms with Gasteiger partial charge in [-0.25, -0.2) is 13.2 Å². The van der Waals surface area contributed by atoms with Crippen LogP contribution < -0.4 is 0 Å². The molecule has 6 heteroatoms. The fourth-order valence-corrected chi connectivity index (χ4v) is 4.76. The fraction of sp³-hybridized carbons (Fsp3) is 0.588. The third-order valence-corrected chi connectivity index (χ3v) is 6.82. The summed E-state index contributed by atoms with van der Waals surface area (Å²) in [6.07, 6.45) is 3.92. The topological polar surface area (TPSA) is 63.7 Å². The molecule has 1 fully saturated rings. The minimum absolute atomic E-state index is 0.0517. The van der Waals surface area contributed by atoms with Crippen LogP contribution >= 0.6 is 0 Å². The van der Waals surface area contributed by atoms with Crippen molar-refractivity contribution in [2.24, 2.45) is 5.92 Å². The molecule has 0 heterocycles. The molecule has 1 aliphatic carbocycles. The molecule has 1 aromatic rings. The molecule has 0 saturated heterocycles. The number of benzene rings is 1. The normalized spacial score (nSPS) is 22.1. The van der Waals surface area contributed by atoms with E-state index in [0.29, 0.717) is 17.0 Å². The zero-order chi connectivity index (χ0) is 17.2. The van der Waals surface area contributed by atoms with Gasteiger partial charge in [0.1, 0.15) is 0 Å². The Morgan fingerprint density at radius 2 is 1.83 bits per heavy atom. The highest BCUT2D eigenvalue weighted by atomic mass is 32.2. The number of hydrogen-bond donors (Lipinski definition) is 0. The van der Waals surface area contributed by atoms with Gasteiger partial charge in [0, 0.05) is 13.1 Å². The summed E-state index contributed by atoms with van der Waals surface area (Å²) in [5.41, 5.74) is 0.919. The van der Waals surface area contributed by atoms with Gasteiger partial charge >= 0.3 is 5.97 Å². The van der Waals surface area contributed by atoms with Crippen LogP contribution in [0.4, 0.5) is 0 Å². The molecule has 1 aromatic carbocycles. The lowest BCUT2D eigenvalue weighted by atomic mass is 9.87. The Morgan fingerprint density at radius 1 is 1.22 bits per heavy atom. The summed E-state index contributed by atoms with van der Waals surface area (Å²) in [7, 11) is -0.593. The molecule has 0 aromatic heterocycles. The summed E-state index contributed by atoms with van der Waals surface area (Å²) in [5, 5.41) is 0. The summed E-state index contributed by atoms with van der Waals surface area (Å²) in [5.74, 6) is 0.204. The molecule has 0 atom stereocenters. The average molecular weight is 339 g/mol. The van der Waals surface area contributed by atoms with E-state index in [0.717, 1.165) is 25.7 Å². The lowest BCUT2D eigenvalue weighted by molar-refractivity contribution is 0.0600. The van der Waals surface area contributed by atoms with Crippen molar-refractivity contribution in [3.63, 3.8) is 0 Å². The molecule has 128 valence electrons. The summed E-state index contributed by atoms with van der Waals surface area (Å²) in [6.45, 7) is 3.91. The van der Waals surface area contributed by atoms with Crippen molar-refractivity contribution in [2.75, 3.05) is 14.2 Å². The first kappa shape index (κ1) is 17.9. The van der Waals surface area contributed by atoms with Crippen molar-refractivity contribution in [3.8, 4) is 0 Å². The van der Waals surface area contributed by atoms with Crippen molar-refractivity contribution < 1.29 is 17.9 Å². The molecular weight excluding hydrogens is 314 g/mol. The van der Waals surface area contributed by atoms with Gasteiger partial charge < -0.3 is 4.74 Å². The van der Waals surface area contributed by atoms with Gasteiger partial charge in [-0.1, -0.05) is 6.92 Å². The van der Waals surface area contributed by atoms with Crippen LogP contribution in [0, 0.1) is 12.8 Å². The maximum Gasteiger partial charge on any atom is 0.337 e. The van der Waals surface area contributed by atoms with E-state index in [1.807, 2.05) is 0 Å². The predicted molar refractivity (Wildman–Crippen MR) is 88.9 cm³/mol. The minimum Gasteiger partial charge on any atom is -0.465 e. The Bertz CT molecular complexity index is 676. The highest BCUT2D eigenvalue weighted by Gasteiger charge is 2.31. The molecule has 0 N–H and O–H groups in total. The van der Waals surface area contributed by atoms with Gasteiger partial charge in [-0.05, 0) is 62.3 Å². The molecule has 0 aliphatic heterocycles. The van der Waals surface area contributed by atoms with Crippen LogP contribution in [-0.4, -0.2) is 38.9 Å². The van der Waals surface area contributed by atoms with Gasteiger partial charge in [-0.2, -0.15) is 4.31 Å². The van der Waals surface area contributed by atoms with Crippen LogP contribution in [0.25, 0.3) is 0 Å². The molecule has 0 unspecified atom stereocenters. The SMILES string of the molecule is COC(=O)c1ccc(S(=O)(=O)N(C)C2CCC(C)CC2)c(C)c1. The second kappa shape index (κ2) is 7.01. The third kappa shape index (κ3) is 3.75. The van der Waals surface area contributed by atoms with Crippen LogP contribution in [0.1, 0.15) is 48.5 Å². The molecule has 0 radical (unpaired) electrons. The predicted octanol–water partition coefficient (Wildman–Crippen LogP) is 2.98. The van der Waals surface area contributed by atoms with E-state index in [1.165, 1.54) is 23.5 Å². The van der Waals surface area contributed by atoms with Crippen molar-refractivity contribution in [2.45, 2.75) is 50.5 Å². The maximum absolute atomic E-state index is 12.9. The number of aryl methyl sites for hydroxylation is 1. The quantitative estimate of drug-likeness (QED) is 0.791. The standard InChI is InChI=1S/C17H25NO4S/c1-12-5-8-15(9-6-12)18(3)23(20,21)16-10-7-14(11-13(16)2)17(19)22-4/h7,10-12,15H,5-6,8-9H2,1-4H3. The minimum atomic E-state index is -3.55. The Hall–Kier alpha value is -1.40. The van der Waals surface area contributed by atoms with Crippen molar-refractivity contribution in [1.82, 2.24) is 4.31 Å². The number of sulfonamides is 1. The molecular formula is C17H25NO4S. The van der Waals surface area contributed by atoms with Crippen LogP contribution in [0.5, 0.6) is 0 Å². The van der Waals surface area contributed by atoms with Crippen LogP contribution in [0.15, 0.2) is 23.1 Å². The molecule has 0 bridgehead atoms. The van der Waals surface area contributed by atoms with Crippen molar-refractivity contribution in [1.29, 1.82) is 0 Å². The first-order chi connectivity index (χ1) is 10.8. The summed E-state index contributed by atoms with van der Waals surface area (Å²) < 4.78 is 32.0. The lowest BCUT2D eigenvalue weighted by Gasteiger charge is -2.33. The highest BCUT2D eigenvalue weighted by molar-refractivity contribution is 7.89. The molecule has 1 aliphatic rings. The average Bonchev–Trinajstić information content (AvgIpc) is 2.53. The summed E-state index contributed by atoms with van der Waals surface area (Å²) in [6, 6.07) is 4.62. The van der Waals surface area contributed by atoms with E-state index in [4.69, 9.17) is 0 Å². The van der Waals surface area contributed by atoms with Gasteiger partial charge in [0.2, 0.25) is 10.0 Å². The number of carbonyl (C=O) groups excluding carboxylic acids is 1. The Morgan fingerprint density at radius 3 is 2.35 bits per heavy atom. The first-order valence-corrected chi connectivity index (χ1v) is 9.38. The Kier molecular flexibility index (Phi) is 5.47. The van der Waals surface area contributed by atoms with Crippen LogP contribution in [0.2, 0.25) is 0 Å². The van der Waals surface area contributed by atoms with Gasteiger partial charge in [0.15, 0.2) is 0 Å². The van der Waals surface area contributed by atoms with Gasteiger partial charge in [0.25, 0.3) is 0 Å². The van der Waals surface area contributed by atoms with Gasteiger partial charge in [0.05, 0.1) is 17.6 Å². The monoisotopic (exact) mass is 339 g/mol. The number of hydrogen-bond acceptors (Lipinski definition) is 4. The van der Waals surface area contributed by atoms with Crippen LogP contribution in [0.3, 0.4) is 0 Å². The van der Waals surface area contributed by atoms with Gasteiger partial charge in [-0.3, -0.25) is 0 Å². The highest BCUT2D eigenvalue weighted by Crippen LogP contribution is 2.30. The smallest absolute Gasteiger partial charge is 0.337 e. The zero-order valence-corrected chi connectivity index (χ0v) is 15.0. The Labute approximate surface area is 138 Å². The molecule has 23 heavy (non-hydrogen) atoms. The fourth-order valence-electron chi connectivity index (χ4n) is 3.14. The van der Waals surface area contributed by atoms with Crippen molar-refractivity contribution in [3.05, 3.63) is 29.3 Å². The third-order valence-electron chi connectivity index (χ3n) is 4.75. The maximum atomic E-state index is 12.9. The number of methoxy groups -OCH3 is 1. The number of carbonyl (C=O) groups is 1. The number of ether oxygens (including phenoxy) is 1. The van der Waals surface area contributed by atoms with Gasteiger partial charge in [-0.15, -0.1) is 0 Å². The van der Waals surface area contributed by atoms with E-state index in [2.05, 4.69) is 11.7 Å². The first-order valence-electron chi connectivity index (χ1n) is 7.94. The second-order valence-corrected chi connectivity index (χ2v) is 8.37. The zero-order valence-electron chi connectivity index (χ0n) is 14.2. The molecule has 1 saturated carbocycles. The number of rotatable bonds is 4. The van der Waals surface area contributed by atoms with E-state index < -0.39 is 16.0 Å². The summed E-state index contributed by atoms with van der Waals surface area (Å²) in [4.78, 5) is 11.8. The van der Waals surface area contributed by atoms with E-state index in [-0.39, 0.29) is 10.9 Å². The molecule has 0 amide bonds. The number of nitrogens with zero attached hydrogens (tertiary/aromatic N) is 1. The van der Waals surface area contributed by atoms with Crippen LogP contribution in [-0.2, 0) is 14.8 Å². The largest absolute Gasteiger partial charge is 0.465 e. The Balaban J connectivity index is 2.27. The van der Waals surface area contributed by atoms with Crippen molar-refractivity contribution >= 4 is 16.0 Å². The number of esters is 1. The molecule has 2 rings (SSSR count). The lowest BCUT2D eigenvalue weighted by Crippen LogP contribution is -2.39. The molecule has 5 nitrogen and oxygen atoms in total. The van der Waals surface area contributed by atoms with E-state index in [1.54, 1.807) is 20.0 Å². The van der Waals surface area contributed by atoms with E-state index >= 15 is 0 Å². The second-order valence-electron chi connectivity index (χ2n) is 6.41.